The molecule has 1 aliphatic rings. The van der Waals surface area contributed by atoms with E-state index in [9.17, 15) is 10.5 Å². The monoisotopic (exact) mass is 413 g/mol. The molecule has 0 radical (unpaired) electrons. The molecule has 0 saturated carbocycles. The normalized spacial score (nSPS) is 14.5. The Morgan fingerprint density at radius 1 is 0.968 bits per heavy atom. The predicted molar refractivity (Wildman–Crippen MR) is 125 cm³/mol. The van der Waals surface area contributed by atoms with E-state index in [4.69, 9.17) is 0 Å². The lowest BCUT2D eigenvalue weighted by Gasteiger charge is -2.34. The Labute approximate surface area is 186 Å². The van der Waals surface area contributed by atoms with Crippen LogP contribution in [0.3, 0.4) is 0 Å². The van der Waals surface area contributed by atoms with E-state index in [1.54, 1.807) is 12.1 Å². The van der Waals surface area contributed by atoms with E-state index in [0.29, 0.717) is 16.8 Å². The molecule has 2 aromatic carbocycles. The summed E-state index contributed by atoms with van der Waals surface area (Å²) in [5, 5.41) is 27.5. The van der Waals surface area contributed by atoms with Crippen molar-refractivity contribution < 1.29 is 0 Å². The van der Waals surface area contributed by atoms with Crippen LogP contribution in [-0.4, -0.2) is 12.1 Å². The molecule has 0 N–H and O–H groups in total. The highest BCUT2D eigenvalue weighted by atomic mass is 15.2. The van der Waals surface area contributed by atoms with Gasteiger partial charge in [0.25, 0.3) is 0 Å². The van der Waals surface area contributed by atoms with Crippen molar-refractivity contribution in [2.45, 2.75) is 71.8 Å². The summed E-state index contributed by atoms with van der Waals surface area (Å²) in [6, 6.07) is 13.9. The highest BCUT2D eigenvalue weighted by Gasteiger charge is 2.35. The van der Waals surface area contributed by atoms with Gasteiger partial charge in [0.05, 0.1) is 16.8 Å². The van der Waals surface area contributed by atoms with Crippen molar-refractivity contribution >= 4 is 17.1 Å². The van der Waals surface area contributed by atoms with Gasteiger partial charge in [-0.05, 0) is 75.1 Å². The van der Waals surface area contributed by atoms with Crippen LogP contribution in [0.2, 0.25) is 0 Å². The Morgan fingerprint density at radius 2 is 1.65 bits per heavy atom. The van der Waals surface area contributed by atoms with Crippen LogP contribution < -0.4 is 4.90 Å². The van der Waals surface area contributed by atoms with Gasteiger partial charge in [-0.25, -0.2) is 0 Å². The molecule has 0 aromatic heterocycles. The number of aryl methyl sites for hydroxylation is 1. The van der Waals surface area contributed by atoms with Gasteiger partial charge in [0.2, 0.25) is 0 Å². The van der Waals surface area contributed by atoms with Crippen LogP contribution in [0.25, 0.3) is 0 Å². The van der Waals surface area contributed by atoms with E-state index < -0.39 is 0 Å². The third-order valence-corrected chi connectivity index (χ3v) is 5.95. The minimum absolute atomic E-state index is 0.0851. The van der Waals surface area contributed by atoms with E-state index in [1.165, 1.54) is 43.4 Å². The summed E-state index contributed by atoms with van der Waals surface area (Å²) >= 11 is 0. The molecule has 0 amide bonds. The predicted octanol–water partition coefficient (Wildman–Crippen LogP) is 7.27. The smallest absolute Gasteiger partial charge is 0.121 e. The van der Waals surface area contributed by atoms with Crippen LogP contribution in [0.5, 0.6) is 0 Å². The number of rotatable bonds is 8. The molecule has 0 saturated heterocycles. The SMILES string of the molecule is CCCCCCCN1c2ccc(N=Nc3c(C#N)cc(C)cc3C#N)cc2CC1(C)C. The first-order valence-corrected chi connectivity index (χ1v) is 11.2. The summed E-state index contributed by atoms with van der Waals surface area (Å²) in [7, 11) is 0. The fourth-order valence-electron chi connectivity index (χ4n) is 4.39. The highest BCUT2D eigenvalue weighted by molar-refractivity contribution is 5.66. The number of hydrogen-bond acceptors (Lipinski definition) is 5. The highest BCUT2D eigenvalue weighted by Crippen LogP contribution is 2.41. The average molecular weight is 414 g/mol. The largest absolute Gasteiger partial charge is 0.366 e. The fraction of sp³-hybridized carbons (Fsp3) is 0.462. The summed E-state index contributed by atoms with van der Waals surface area (Å²) in [5.74, 6) is 0. The Balaban J connectivity index is 1.81. The van der Waals surface area contributed by atoms with Gasteiger partial charge < -0.3 is 4.90 Å². The molecule has 0 spiro atoms. The molecule has 5 heteroatoms. The third kappa shape index (κ3) is 5.12. The molecule has 0 aliphatic carbocycles. The maximum absolute atomic E-state index is 9.43. The lowest BCUT2D eigenvalue weighted by atomic mass is 9.99. The van der Waals surface area contributed by atoms with Gasteiger partial charge in [0, 0.05) is 17.8 Å². The van der Waals surface area contributed by atoms with Crippen molar-refractivity contribution in [2.75, 3.05) is 11.4 Å². The lowest BCUT2D eigenvalue weighted by Crippen LogP contribution is -2.41. The zero-order chi connectivity index (χ0) is 22.4. The quantitative estimate of drug-likeness (QED) is 0.337. The number of nitrogens with zero attached hydrogens (tertiary/aromatic N) is 5. The van der Waals surface area contributed by atoms with Crippen molar-refractivity contribution in [3.05, 3.63) is 52.6 Å². The van der Waals surface area contributed by atoms with Gasteiger partial charge in [0.15, 0.2) is 0 Å². The zero-order valence-electron chi connectivity index (χ0n) is 19.1. The van der Waals surface area contributed by atoms with Gasteiger partial charge in [-0.1, -0.05) is 32.6 Å². The van der Waals surface area contributed by atoms with E-state index in [2.05, 4.69) is 60.2 Å². The first-order chi connectivity index (χ1) is 14.9. The molecule has 160 valence electrons. The Bertz CT molecular complexity index is 1020. The molecule has 1 heterocycles. The maximum atomic E-state index is 9.43. The van der Waals surface area contributed by atoms with Gasteiger partial charge in [-0.15, -0.1) is 5.11 Å². The van der Waals surface area contributed by atoms with Gasteiger partial charge in [0.1, 0.15) is 17.8 Å². The molecular weight excluding hydrogens is 382 g/mol. The van der Waals surface area contributed by atoms with Crippen LogP contribution in [0.15, 0.2) is 40.6 Å². The molecule has 3 rings (SSSR count). The molecule has 31 heavy (non-hydrogen) atoms. The van der Waals surface area contributed by atoms with Crippen molar-refractivity contribution in [1.82, 2.24) is 0 Å². The van der Waals surface area contributed by atoms with Crippen LogP contribution in [-0.2, 0) is 6.42 Å². The summed E-state index contributed by atoms with van der Waals surface area (Å²) in [6.07, 6.45) is 7.36. The van der Waals surface area contributed by atoms with Gasteiger partial charge >= 0.3 is 0 Å². The minimum Gasteiger partial charge on any atom is -0.366 e. The average Bonchev–Trinajstić information content (AvgIpc) is 3.00. The van der Waals surface area contributed by atoms with Crippen molar-refractivity contribution in [2.24, 2.45) is 10.2 Å². The number of azo groups is 1. The number of hydrogen-bond donors (Lipinski definition) is 0. The Morgan fingerprint density at radius 3 is 2.29 bits per heavy atom. The van der Waals surface area contributed by atoms with E-state index in [1.807, 2.05) is 13.0 Å². The van der Waals surface area contributed by atoms with E-state index in [-0.39, 0.29) is 5.54 Å². The first kappa shape index (κ1) is 22.5. The Hall–Kier alpha value is -3.18. The van der Waals surface area contributed by atoms with Crippen molar-refractivity contribution in [1.29, 1.82) is 10.5 Å². The molecule has 1 aliphatic heterocycles. The van der Waals surface area contributed by atoms with Crippen molar-refractivity contribution in [3.63, 3.8) is 0 Å². The second-order valence-corrected chi connectivity index (χ2v) is 9.00. The van der Waals surface area contributed by atoms with Crippen molar-refractivity contribution in [3.8, 4) is 12.1 Å². The van der Waals surface area contributed by atoms with Crippen LogP contribution >= 0.6 is 0 Å². The maximum Gasteiger partial charge on any atom is 0.121 e. The molecule has 0 fully saturated rings. The minimum atomic E-state index is 0.0851. The first-order valence-electron chi connectivity index (χ1n) is 11.2. The van der Waals surface area contributed by atoms with Gasteiger partial charge in [-0.3, -0.25) is 0 Å². The lowest BCUT2D eigenvalue weighted by molar-refractivity contribution is 0.473. The molecule has 5 nitrogen and oxygen atoms in total. The molecular formula is C26H31N5. The van der Waals surface area contributed by atoms with E-state index >= 15 is 0 Å². The third-order valence-electron chi connectivity index (χ3n) is 5.95. The summed E-state index contributed by atoms with van der Waals surface area (Å²) in [6.45, 7) is 9.77. The number of unbranched alkanes of at least 4 members (excludes halogenated alkanes) is 4. The molecule has 0 unspecified atom stereocenters. The summed E-state index contributed by atoms with van der Waals surface area (Å²) in [4.78, 5) is 2.52. The zero-order valence-corrected chi connectivity index (χ0v) is 19.1. The molecule has 0 atom stereocenters. The van der Waals surface area contributed by atoms with Crippen LogP contribution in [0.1, 0.15) is 75.1 Å². The summed E-state index contributed by atoms with van der Waals surface area (Å²) < 4.78 is 0. The second-order valence-electron chi connectivity index (χ2n) is 9.00. The van der Waals surface area contributed by atoms with Gasteiger partial charge in [-0.2, -0.15) is 15.6 Å². The Kier molecular flexibility index (Phi) is 7.08. The second kappa shape index (κ2) is 9.75. The van der Waals surface area contributed by atoms with E-state index in [0.717, 1.165) is 24.2 Å². The number of fused-ring (bicyclic) bond motifs is 1. The standard InChI is InChI=1S/C26H31N5/c1-5-6-7-8-9-12-31-24-11-10-23(15-20(24)16-26(31,3)4)29-30-25-21(17-27)13-19(2)14-22(25)18-28/h10-11,13-15H,5-9,12,16H2,1-4H3. The summed E-state index contributed by atoms with van der Waals surface area (Å²) in [5.41, 5.74) is 5.33. The number of nitriles is 2. The fourth-order valence-corrected chi connectivity index (χ4v) is 4.39. The number of benzene rings is 2. The number of anilines is 1. The molecule has 0 bridgehead atoms. The van der Waals surface area contributed by atoms with Crippen LogP contribution in [0.4, 0.5) is 17.1 Å². The van der Waals surface area contributed by atoms with Crippen LogP contribution in [0, 0.1) is 29.6 Å². The molecule has 2 aromatic rings. The topological polar surface area (TPSA) is 75.5 Å².